The number of Topliss-reactive ketones (excluding diaryl/α,β-unsaturated/α-hetero) is 1. The number of aromatic nitrogens is 1. The van der Waals surface area contributed by atoms with Crippen LogP contribution in [0.5, 0.6) is 11.5 Å². The molecule has 4 aromatic carbocycles. The van der Waals surface area contributed by atoms with Crippen LogP contribution in [0.2, 0.25) is 0 Å². The van der Waals surface area contributed by atoms with E-state index >= 15 is 0 Å². The molecule has 2 heterocycles. The third-order valence-corrected chi connectivity index (χ3v) is 7.70. The second-order valence-corrected chi connectivity index (χ2v) is 10.9. The normalized spacial score (nSPS) is 15.7. The molecule has 0 saturated carbocycles. The van der Waals surface area contributed by atoms with Crippen LogP contribution in [0.3, 0.4) is 0 Å². The number of rotatable bonds is 10. The highest BCUT2D eigenvalue weighted by atomic mass is 16.5. The molecule has 45 heavy (non-hydrogen) atoms. The number of likely N-dealkylation sites (tertiary alicyclic amines) is 1. The quantitative estimate of drug-likeness (QED) is 0.104. The van der Waals surface area contributed by atoms with E-state index in [0.717, 1.165) is 22.3 Å². The van der Waals surface area contributed by atoms with Crippen molar-refractivity contribution in [2.24, 2.45) is 0 Å². The fourth-order valence-corrected chi connectivity index (χ4v) is 5.39. The maximum absolute atomic E-state index is 13.5. The third kappa shape index (κ3) is 6.78. The van der Waals surface area contributed by atoms with Gasteiger partial charge >= 0.3 is 0 Å². The molecule has 7 nitrogen and oxygen atoms in total. The van der Waals surface area contributed by atoms with E-state index in [4.69, 9.17) is 9.47 Å². The number of ketones is 1. The summed E-state index contributed by atoms with van der Waals surface area (Å²) in [5.74, 6) is -0.398. The molecule has 224 valence electrons. The molecule has 1 aliphatic rings. The van der Waals surface area contributed by atoms with Crippen molar-refractivity contribution in [2.45, 2.75) is 32.7 Å². The van der Waals surface area contributed by atoms with E-state index < -0.39 is 17.7 Å². The van der Waals surface area contributed by atoms with Gasteiger partial charge in [0.15, 0.2) is 0 Å². The number of benzene rings is 4. The average Bonchev–Trinajstić information content (AvgIpc) is 3.32. The summed E-state index contributed by atoms with van der Waals surface area (Å²) < 4.78 is 11.9. The highest BCUT2D eigenvalue weighted by molar-refractivity contribution is 6.46. The Morgan fingerprint density at radius 3 is 2.02 bits per heavy atom. The van der Waals surface area contributed by atoms with Gasteiger partial charge in [-0.3, -0.25) is 14.6 Å². The highest BCUT2D eigenvalue weighted by Crippen LogP contribution is 2.41. The molecule has 1 fully saturated rings. The molecule has 0 bridgehead atoms. The predicted octanol–water partition coefficient (Wildman–Crippen LogP) is 7.17. The van der Waals surface area contributed by atoms with Gasteiger partial charge in [-0.05, 0) is 77.7 Å². The number of aliphatic hydroxyl groups is 1. The van der Waals surface area contributed by atoms with Crippen LogP contribution in [-0.4, -0.2) is 26.7 Å². The number of aliphatic hydroxyl groups excluding tert-OH is 1. The van der Waals surface area contributed by atoms with Gasteiger partial charge in [-0.1, -0.05) is 72.3 Å². The van der Waals surface area contributed by atoms with Gasteiger partial charge in [-0.15, -0.1) is 0 Å². The maximum atomic E-state index is 13.5. The molecule has 6 rings (SSSR count). The zero-order valence-corrected chi connectivity index (χ0v) is 24.8. The number of nitrogens with zero attached hydrogens (tertiary/aromatic N) is 2. The van der Waals surface area contributed by atoms with Crippen molar-refractivity contribution in [3.8, 4) is 11.5 Å². The Kier molecular flexibility index (Phi) is 8.69. The minimum Gasteiger partial charge on any atom is -0.507 e. The van der Waals surface area contributed by atoms with Crippen molar-refractivity contribution in [3.05, 3.63) is 167 Å². The van der Waals surface area contributed by atoms with Crippen molar-refractivity contribution >= 4 is 17.4 Å². The molecule has 1 atom stereocenters. The van der Waals surface area contributed by atoms with E-state index in [-0.39, 0.29) is 17.9 Å². The molecule has 1 aromatic heterocycles. The summed E-state index contributed by atoms with van der Waals surface area (Å²) in [5.41, 5.74) is 5.17. The summed E-state index contributed by atoms with van der Waals surface area (Å²) in [6.45, 7) is 3.01. The summed E-state index contributed by atoms with van der Waals surface area (Å²) in [4.78, 5) is 32.5. The first-order valence-electron chi connectivity index (χ1n) is 14.7. The maximum Gasteiger partial charge on any atom is 0.295 e. The second-order valence-electron chi connectivity index (χ2n) is 10.9. The van der Waals surface area contributed by atoms with Gasteiger partial charge in [-0.25, -0.2) is 0 Å². The topological polar surface area (TPSA) is 89.0 Å². The number of pyridine rings is 1. The van der Waals surface area contributed by atoms with Crippen molar-refractivity contribution < 1.29 is 24.2 Å². The number of amides is 1. The Labute approximate surface area is 262 Å². The van der Waals surface area contributed by atoms with Crippen LogP contribution >= 0.6 is 0 Å². The fraction of sp³-hybridized carbons (Fsp3) is 0.132. The SMILES string of the molecule is Cc1cccc(COc2ccc(C(O)=C3C(=O)C(=O)N(Cc4ccncc4)[C@@H]3c3ccc(OCc4ccccc4)cc3)cc2)c1. The standard InChI is InChI=1S/C38H32N2O5/c1-26-6-5-9-29(22-26)25-45-33-16-12-31(13-17-33)36(41)34-35(40(38(43)37(34)42)23-27-18-20-39-21-19-27)30-10-14-32(15-11-30)44-24-28-7-3-2-4-8-28/h2-22,35,41H,23-25H2,1H3/t35-/m1/s1. The molecular formula is C38H32N2O5. The van der Waals surface area contributed by atoms with Crippen LogP contribution < -0.4 is 9.47 Å². The minimum absolute atomic E-state index is 0.0282. The smallest absolute Gasteiger partial charge is 0.295 e. The molecule has 0 aliphatic carbocycles. The molecule has 1 amide bonds. The number of hydrogen-bond acceptors (Lipinski definition) is 6. The summed E-state index contributed by atoms with van der Waals surface area (Å²) in [5, 5.41) is 11.5. The zero-order valence-electron chi connectivity index (χ0n) is 24.8. The minimum atomic E-state index is -0.807. The lowest BCUT2D eigenvalue weighted by molar-refractivity contribution is -0.140. The molecule has 1 aliphatic heterocycles. The Hall–Kier alpha value is -5.69. The van der Waals surface area contributed by atoms with E-state index in [0.29, 0.717) is 35.8 Å². The van der Waals surface area contributed by atoms with E-state index in [1.165, 1.54) is 4.90 Å². The van der Waals surface area contributed by atoms with Gasteiger partial charge in [-0.2, -0.15) is 0 Å². The van der Waals surface area contributed by atoms with E-state index in [9.17, 15) is 14.7 Å². The Morgan fingerprint density at radius 2 is 1.36 bits per heavy atom. The second kappa shape index (κ2) is 13.3. The van der Waals surface area contributed by atoms with Crippen molar-refractivity contribution in [1.29, 1.82) is 0 Å². The number of hydrogen-bond donors (Lipinski definition) is 1. The van der Waals surface area contributed by atoms with Crippen LogP contribution in [0.1, 0.15) is 39.4 Å². The lowest BCUT2D eigenvalue weighted by atomic mass is 9.95. The summed E-state index contributed by atoms with van der Waals surface area (Å²) in [6.07, 6.45) is 3.28. The third-order valence-electron chi connectivity index (χ3n) is 7.70. The van der Waals surface area contributed by atoms with Gasteiger partial charge in [0.05, 0.1) is 11.6 Å². The van der Waals surface area contributed by atoms with Crippen molar-refractivity contribution in [3.63, 3.8) is 0 Å². The van der Waals surface area contributed by atoms with E-state index in [2.05, 4.69) is 11.1 Å². The molecule has 1 N–H and O–H groups in total. The first-order chi connectivity index (χ1) is 22.0. The molecule has 0 radical (unpaired) electrons. The number of carbonyl (C=O) groups excluding carboxylic acids is 2. The summed E-state index contributed by atoms with van der Waals surface area (Å²) >= 11 is 0. The molecule has 7 heteroatoms. The Balaban J connectivity index is 1.28. The number of ether oxygens (including phenoxy) is 2. The van der Waals surface area contributed by atoms with Gasteiger partial charge in [0.1, 0.15) is 30.5 Å². The molecular weight excluding hydrogens is 564 g/mol. The van der Waals surface area contributed by atoms with Gasteiger partial charge < -0.3 is 19.5 Å². The summed E-state index contributed by atoms with van der Waals surface area (Å²) in [6, 6.07) is 34.9. The molecule has 1 saturated heterocycles. The first kappa shape index (κ1) is 29.4. The number of aryl methyl sites for hydroxylation is 1. The number of carbonyl (C=O) groups is 2. The lowest BCUT2D eigenvalue weighted by Crippen LogP contribution is -2.29. The highest BCUT2D eigenvalue weighted by Gasteiger charge is 2.46. The van der Waals surface area contributed by atoms with Crippen molar-refractivity contribution in [1.82, 2.24) is 9.88 Å². The van der Waals surface area contributed by atoms with Crippen LogP contribution in [0.4, 0.5) is 0 Å². The van der Waals surface area contributed by atoms with Crippen molar-refractivity contribution in [2.75, 3.05) is 0 Å². The average molecular weight is 597 g/mol. The van der Waals surface area contributed by atoms with Crippen LogP contribution in [0.25, 0.3) is 5.76 Å². The van der Waals surface area contributed by atoms with Crippen LogP contribution in [-0.2, 0) is 29.3 Å². The van der Waals surface area contributed by atoms with Gasteiger partial charge in [0.2, 0.25) is 0 Å². The Morgan fingerprint density at radius 1 is 0.733 bits per heavy atom. The monoisotopic (exact) mass is 596 g/mol. The van der Waals surface area contributed by atoms with E-state index in [1.54, 1.807) is 48.8 Å². The van der Waals surface area contributed by atoms with Crippen LogP contribution in [0, 0.1) is 6.92 Å². The van der Waals surface area contributed by atoms with Crippen LogP contribution in [0.15, 0.2) is 133 Å². The molecule has 0 unspecified atom stereocenters. The van der Waals surface area contributed by atoms with Gasteiger partial charge in [0.25, 0.3) is 11.7 Å². The predicted molar refractivity (Wildman–Crippen MR) is 171 cm³/mol. The first-order valence-corrected chi connectivity index (χ1v) is 14.7. The van der Waals surface area contributed by atoms with Gasteiger partial charge in [0, 0.05) is 24.5 Å². The zero-order chi connectivity index (χ0) is 31.2. The summed E-state index contributed by atoms with van der Waals surface area (Å²) in [7, 11) is 0. The largest absolute Gasteiger partial charge is 0.507 e. The fourth-order valence-electron chi connectivity index (χ4n) is 5.39. The Bertz CT molecular complexity index is 1820. The van der Waals surface area contributed by atoms with E-state index in [1.807, 2.05) is 79.7 Å². The lowest BCUT2D eigenvalue weighted by Gasteiger charge is -2.25. The molecule has 0 spiro atoms. The molecule has 5 aromatic rings.